The number of nitrogens with zero attached hydrogens (tertiary/aromatic N) is 1. The summed E-state index contributed by atoms with van der Waals surface area (Å²) in [4.78, 5) is 3.99. The van der Waals surface area contributed by atoms with E-state index >= 15 is 0 Å². The van der Waals surface area contributed by atoms with E-state index in [0.29, 0.717) is 12.4 Å². The summed E-state index contributed by atoms with van der Waals surface area (Å²) in [6.45, 7) is 0.661. The highest BCUT2D eigenvalue weighted by atomic mass is 79.9. The third-order valence-corrected chi connectivity index (χ3v) is 2.48. The van der Waals surface area contributed by atoms with Crippen molar-refractivity contribution in [2.45, 2.75) is 12.5 Å². The SMILES string of the molecule is OC(C1=CCCO1)c1cncc(Br)c1. The minimum atomic E-state index is -0.692. The van der Waals surface area contributed by atoms with Crippen molar-refractivity contribution >= 4 is 15.9 Å². The molecule has 0 aliphatic carbocycles. The molecule has 1 aromatic heterocycles. The van der Waals surface area contributed by atoms with Gasteiger partial charge in [0.25, 0.3) is 0 Å². The fraction of sp³-hybridized carbons (Fsp3) is 0.300. The van der Waals surface area contributed by atoms with Gasteiger partial charge in [0.15, 0.2) is 0 Å². The van der Waals surface area contributed by atoms with E-state index in [1.807, 2.05) is 12.1 Å². The lowest BCUT2D eigenvalue weighted by Crippen LogP contribution is -2.02. The zero-order chi connectivity index (χ0) is 9.97. The van der Waals surface area contributed by atoms with E-state index in [1.54, 1.807) is 12.4 Å². The third kappa shape index (κ3) is 1.96. The van der Waals surface area contributed by atoms with Gasteiger partial charge in [-0.3, -0.25) is 4.98 Å². The Balaban J connectivity index is 2.22. The van der Waals surface area contributed by atoms with Crippen LogP contribution in [0.1, 0.15) is 18.1 Å². The Morgan fingerprint density at radius 2 is 2.36 bits per heavy atom. The molecule has 0 fully saturated rings. The smallest absolute Gasteiger partial charge is 0.137 e. The fourth-order valence-electron chi connectivity index (χ4n) is 1.37. The first-order valence-electron chi connectivity index (χ1n) is 4.39. The van der Waals surface area contributed by atoms with Crippen LogP contribution in [-0.2, 0) is 4.74 Å². The molecule has 1 N–H and O–H groups in total. The summed E-state index contributed by atoms with van der Waals surface area (Å²) in [6.07, 6.45) is 5.40. The molecule has 1 aliphatic rings. The van der Waals surface area contributed by atoms with E-state index in [-0.39, 0.29) is 0 Å². The number of pyridine rings is 1. The summed E-state index contributed by atoms with van der Waals surface area (Å²) in [5, 5.41) is 9.89. The molecular weight excluding hydrogens is 246 g/mol. The summed E-state index contributed by atoms with van der Waals surface area (Å²) in [7, 11) is 0. The molecule has 1 aromatic rings. The molecule has 0 aromatic carbocycles. The van der Waals surface area contributed by atoms with E-state index in [4.69, 9.17) is 4.74 Å². The zero-order valence-electron chi connectivity index (χ0n) is 7.48. The van der Waals surface area contributed by atoms with Crippen molar-refractivity contribution in [2.75, 3.05) is 6.61 Å². The Kier molecular flexibility index (Phi) is 2.84. The van der Waals surface area contributed by atoms with Crippen LogP contribution in [0.4, 0.5) is 0 Å². The van der Waals surface area contributed by atoms with Crippen LogP contribution in [0.2, 0.25) is 0 Å². The number of hydrogen-bond acceptors (Lipinski definition) is 3. The number of ether oxygens (including phenoxy) is 1. The molecule has 0 bridgehead atoms. The Morgan fingerprint density at radius 1 is 1.50 bits per heavy atom. The van der Waals surface area contributed by atoms with E-state index in [2.05, 4.69) is 20.9 Å². The Bertz CT molecular complexity index is 365. The molecule has 1 aliphatic heterocycles. The highest BCUT2D eigenvalue weighted by Crippen LogP contribution is 2.26. The molecule has 1 atom stereocenters. The minimum Gasteiger partial charge on any atom is -0.495 e. The van der Waals surface area contributed by atoms with Crippen molar-refractivity contribution in [2.24, 2.45) is 0 Å². The molecule has 0 saturated carbocycles. The van der Waals surface area contributed by atoms with Crippen LogP contribution in [0.25, 0.3) is 0 Å². The van der Waals surface area contributed by atoms with Crippen molar-refractivity contribution in [3.05, 3.63) is 40.3 Å². The van der Waals surface area contributed by atoms with Crippen molar-refractivity contribution in [3.63, 3.8) is 0 Å². The molecule has 1 unspecified atom stereocenters. The maximum atomic E-state index is 9.89. The van der Waals surface area contributed by atoms with Crippen LogP contribution in [0.3, 0.4) is 0 Å². The van der Waals surface area contributed by atoms with Crippen LogP contribution in [-0.4, -0.2) is 16.7 Å². The van der Waals surface area contributed by atoms with Crippen LogP contribution >= 0.6 is 15.9 Å². The first-order chi connectivity index (χ1) is 6.77. The zero-order valence-corrected chi connectivity index (χ0v) is 9.07. The number of hydrogen-bond donors (Lipinski definition) is 1. The molecule has 74 valence electrons. The maximum Gasteiger partial charge on any atom is 0.137 e. The highest BCUT2D eigenvalue weighted by Gasteiger charge is 2.18. The van der Waals surface area contributed by atoms with Gasteiger partial charge in [-0.2, -0.15) is 0 Å². The molecule has 2 rings (SSSR count). The van der Waals surface area contributed by atoms with Crippen molar-refractivity contribution < 1.29 is 9.84 Å². The average molecular weight is 256 g/mol. The second-order valence-electron chi connectivity index (χ2n) is 3.08. The lowest BCUT2D eigenvalue weighted by molar-refractivity contribution is 0.118. The lowest BCUT2D eigenvalue weighted by Gasteiger charge is -2.11. The lowest BCUT2D eigenvalue weighted by atomic mass is 10.1. The Morgan fingerprint density at radius 3 is 3.00 bits per heavy atom. The second kappa shape index (κ2) is 4.11. The van der Waals surface area contributed by atoms with Gasteiger partial charge in [-0.1, -0.05) is 0 Å². The van der Waals surface area contributed by atoms with Crippen molar-refractivity contribution in [1.29, 1.82) is 0 Å². The van der Waals surface area contributed by atoms with Crippen molar-refractivity contribution in [3.8, 4) is 0 Å². The number of aliphatic hydroxyl groups excluding tert-OH is 1. The predicted molar refractivity (Wildman–Crippen MR) is 55.5 cm³/mol. The summed E-state index contributed by atoms with van der Waals surface area (Å²) < 4.78 is 6.13. The quantitative estimate of drug-likeness (QED) is 0.881. The third-order valence-electron chi connectivity index (χ3n) is 2.04. The highest BCUT2D eigenvalue weighted by molar-refractivity contribution is 9.10. The van der Waals surface area contributed by atoms with Gasteiger partial charge in [-0.25, -0.2) is 0 Å². The van der Waals surface area contributed by atoms with Gasteiger partial charge in [0.2, 0.25) is 0 Å². The minimum absolute atomic E-state index is 0.630. The Hall–Kier alpha value is -0.870. The van der Waals surface area contributed by atoms with Crippen LogP contribution < -0.4 is 0 Å². The molecule has 3 nitrogen and oxygen atoms in total. The molecular formula is C10H10BrNO2. The largest absolute Gasteiger partial charge is 0.495 e. The van der Waals surface area contributed by atoms with Gasteiger partial charge in [0.05, 0.1) is 6.61 Å². The topological polar surface area (TPSA) is 42.4 Å². The van der Waals surface area contributed by atoms with Crippen molar-refractivity contribution in [1.82, 2.24) is 4.98 Å². The molecule has 14 heavy (non-hydrogen) atoms. The van der Waals surface area contributed by atoms with E-state index < -0.39 is 6.10 Å². The summed E-state index contributed by atoms with van der Waals surface area (Å²) in [6, 6.07) is 1.83. The van der Waals surface area contributed by atoms with Gasteiger partial charge >= 0.3 is 0 Å². The van der Waals surface area contributed by atoms with Gasteiger partial charge in [-0.05, 0) is 28.1 Å². The molecule has 0 saturated heterocycles. The van der Waals surface area contributed by atoms with Gasteiger partial charge < -0.3 is 9.84 Å². The van der Waals surface area contributed by atoms with Crippen LogP contribution in [0.15, 0.2) is 34.8 Å². The number of aliphatic hydroxyl groups is 1. The maximum absolute atomic E-state index is 9.89. The van der Waals surface area contributed by atoms with Crippen LogP contribution in [0.5, 0.6) is 0 Å². The average Bonchev–Trinajstić information content (AvgIpc) is 2.69. The first-order valence-corrected chi connectivity index (χ1v) is 5.18. The monoisotopic (exact) mass is 255 g/mol. The standard InChI is InChI=1S/C10H10BrNO2/c11-8-4-7(5-12-6-8)10(13)9-2-1-3-14-9/h2,4-6,10,13H,1,3H2. The van der Waals surface area contributed by atoms with Gasteiger partial charge in [0.1, 0.15) is 11.9 Å². The summed E-state index contributed by atoms with van der Waals surface area (Å²) in [5.74, 6) is 0.630. The van der Waals surface area contributed by atoms with Gasteiger partial charge in [-0.15, -0.1) is 0 Å². The number of halogens is 1. The fourth-order valence-corrected chi connectivity index (χ4v) is 1.75. The Labute approximate surface area is 90.6 Å². The summed E-state index contributed by atoms with van der Waals surface area (Å²) >= 11 is 3.31. The van der Waals surface area contributed by atoms with E-state index in [0.717, 1.165) is 16.5 Å². The first kappa shape index (κ1) is 9.68. The molecule has 4 heteroatoms. The molecule has 0 amide bonds. The number of rotatable bonds is 2. The van der Waals surface area contributed by atoms with E-state index in [9.17, 15) is 5.11 Å². The normalized spacial score (nSPS) is 17.4. The van der Waals surface area contributed by atoms with Gasteiger partial charge in [0, 0.05) is 28.9 Å². The number of aromatic nitrogens is 1. The predicted octanol–water partition coefficient (Wildman–Crippen LogP) is 2.18. The second-order valence-corrected chi connectivity index (χ2v) is 4.00. The molecule has 0 radical (unpaired) electrons. The van der Waals surface area contributed by atoms with E-state index in [1.165, 1.54) is 0 Å². The molecule has 2 heterocycles. The summed E-state index contributed by atoms with van der Waals surface area (Å²) in [5.41, 5.74) is 0.743. The molecule has 0 spiro atoms. The van der Waals surface area contributed by atoms with Crippen LogP contribution in [0, 0.1) is 0 Å².